The van der Waals surface area contributed by atoms with E-state index in [1.807, 2.05) is 13.8 Å². The molecule has 1 N–H and O–H groups in total. The minimum Gasteiger partial charge on any atom is -0.486 e. The molecule has 0 aliphatic heterocycles. The van der Waals surface area contributed by atoms with Gasteiger partial charge in [-0.3, -0.25) is 0 Å². The Morgan fingerprint density at radius 3 is 2.79 bits per heavy atom. The summed E-state index contributed by atoms with van der Waals surface area (Å²) in [6.45, 7) is 5.56. The summed E-state index contributed by atoms with van der Waals surface area (Å²) in [5, 5.41) is 3.14. The van der Waals surface area contributed by atoms with Gasteiger partial charge in [-0.25, -0.2) is 4.39 Å². The second kappa shape index (κ2) is 5.60. The van der Waals surface area contributed by atoms with Crippen molar-refractivity contribution in [1.29, 1.82) is 0 Å². The maximum Gasteiger partial charge on any atom is 0.165 e. The summed E-state index contributed by atoms with van der Waals surface area (Å²) in [5.41, 5.74) is 0. The van der Waals surface area contributed by atoms with E-state index in [0.717, 1.165) is 13.1 Å². The lowest BCUT2D eigenvalue weighted by Crippen LogP contribution is -2.28. The summed E-state index contributed by atoms with van der Waals surface area (Å²) < 4.78 is 18.5. The van der Waals surface area contributed by atoms with Crippen LogP contribution >= 0.6 is 0 Å². The zero-order chi connectivity index (χ0) is 10.4. The summed E-state index contributed by atoms with van der Waals surface area (Å²) in [6, 6.07) is 6.45. The molecule has 1 rings (SSSR count). The Bertz CT molecular complexity index is 278. The molecule has 1 unspecified atom stereocenters. The van der Waals surface area contributed by atoms with E-state index in [1.165, 1.54) is 6.07 Å². The van der Waals surface area contributed by atoms with Crippen LogP contribution in [0.2, 0.25) is 0 Å². The lowest BCUT2D eigenvalue weighted by Gasteiger charge is -2.15. The highest BCUT2D eigenvalue weighted by atomic mass is 19.1. The first-order chi connectivity index (χ1) is 6.74. The molecular formula is C11H16FNO. The lowest BCUT2D eigenvalue weighted by atomic mass is 10.3. The first-order valence-corrected chi connectivity index (χ1v) is 4.86. The van der Waals surface area contributed by atoms with Gasteiger partial charge in [0.2, 0.25) is 0 Å². The van der Waals surface area contributed by atoms with E-state index in [1.54, 1.807) is 18.2 Å². The number of hydrogen-bond donors (Lipinski definition) is 1. The molecule has 0 bridgehead atoms. The van der Waals surface area contributed by atoms with E-state index in [2.05, 4.69) is 5.32 Å². The van der Waals surface area contributed by atoms with E-state index < -0.39 is 0 Å². The molecule has 78 valence electrons. The van der Waals surface area contributed by atoms with Crippen molar-refractivity contribution < 1.29 is 9.13 Å². The van der Waals surface area contributed by atoms with Gasteiger partial charge in [-0.1, -0.05) is 19.1 Å². The number of para-hydroxylation sites is 1. The standard InChI is InChI=1S/C11H16FNO/c1-3-13-8-9(2)14-11-7-5-4-6-10(11)12/h4-7,9,13H,3,8H2,1-2H3. The van der Waals surface area contributed by atoms with Crippen LogP contribution in [0.3, 0.4) is 0 Å². The van der Waals surface area contributed by atoms with Crippen LogP contribution in [-0.4, -0.2) is 19.2 Å². The van der Waals surface area contributed by atoms with Crippen molar-refractivity contribution in [2.45, 2.75) is 20.0 Å². The molecular weight excluding hydrogens is 181 g/mol. The van der Waals surface area contributed by atoms with Gasteiger partial charge < -0.3 is 10.1 Å². The van der Waals surface area contributed by atoms with Gasteiger partial charge in [0.15, 0.2) is 11.6 Å². The zero-order valence-corrected chi connectivity index (χ0v) is 8.59. The Kier molecular flexibility index (Phi) is 4.40. The van der Waals surface area contributed by atoms with Crippen LogP contribution in [0.5, 0.6) is 5.75 Å². The average molecular weight is 197 g/mol. The molecule has 0 amide bonds. The first kappa shape index (κ1) is 11.0. The van der Waals surface area contributed by atoms with Gasteiger partial charge in [0, 0.05) is 6.54 Å². The summed E-state index contributed by atoms with van der Waals surface area (Å²) >= 11 is 0. The first-order valence-electron chi connectivity index (χ1n) is 4.86. The molecule has 1 aromatic carbocycles. The summed E-state index contributed by atoms with van der Waals surface area (Å²) in [5.74, 6) is 0.00810. The van der Waals surface area contributed by atoms with Crippen molar-refractivity contribution >= 4 is 0 Å². The maximum absolute atomic E-state index is 13.1. The van der Waals surface area contributed by atoms with Gasteiger partial charge in [0.25, 0.3) is 0 Å². The van der Waals surface area contributed by atoms with E-state index in [4.69, 9.17) is 4.74 Å². The number of halogens is 1. The molecule has 0 saturated heterocycles. The molecule has 1 atom stereocenters. The monoisotopic (exact) mass is 197 g/mol. The molecule has 0 aliphatic carbocycles. The molecule has 3 heteroatoms. The van der Waals surface area contributed by atoms with E-state index in [9.17, 15) is 4.39 Å². The van der Waals surface area contributed by atoms with E-state index >= 15 is 0 Å². The van der Waals surface area contributed by atoms with Crippen molar-refractivity contribution in [2.24, 2.45) is 0 Å². The highest BCUT2D eigenvalue weighted by Gasteiger charge is 2.06. The molecule has 0 fully saturated rings. The third-order valence-electron chi connectivity index (χ3n) is 1.85. The summed E-state index contributed by atoms with van der Waals surface area (Å²) in [6.07, 6.45) is -0.0214. The Balaban J connectivity index is 2.47. The molecule has 2 nitrogen and oxygen atoms in total. The minimum atomic E-state index is -0.309. The average Bonchev–Trinajstić information content (AvgIpc) is 2.18. The molecule has 0 aliphatic rings. The van der Waals surface area contributed by atoms with Crippen LogP contribution in [0, 0.1) is 5.82 Å². The fraction of sp³-hybridized carbons (Fsp3) is 0.455. The maximum atomic E-state index is 13.1. The fourth-order valence-corrected chi connectivity index (χ4v) is 1.15. The number of benzene rings is 1. The molecule has 0 saturated carbocycles. The Hall–Kier alpha value is -1.09. The van der Waals surface area contributed by atoms with Crippen molar-refractivity contribution in [1.82, 2.24) is 5.32 Å². The Labute approximate surface area is 84.1 Å². The molecule has 1 aromatic rings. The molecule has 0 spiro atoms. The molecule has 14 heavy (non-hydrogen) atoms. The van der Waals surface area contributed by atoms with Gasteiger partial charge in [-0.2, -0.15) is 0 Å². The third kappa shape index (κ3) is 3.34. The van der Waals surface area contributed by atoms with Crippen LogP contribution in [0.4, 0.5) is 4.39 Å². The molecule has 0 radical (unpaired) electrons. The second-order valence-electron chi connectivity index (χ2n) is 3.17. The van der Waals surface area contributed by atoms with E-state index in [0.29, 0.717) is 5.75 Å². The second-order valence-corrected chi connectivity index (χ2v) is 3.17. The number of nitrogens with one attached hydrogen (secondary N) is 1. The number of likely N-dealkylation sites (N-methyl/N-ethyl adjacent to an activating group) is 1. The summed E-state index contributed by atoms with van der Waals surface area (Å²) in [4.78, 5) is 0. The normalized spacial score (nSPS) is 12.5. The quantitative estimate of drug-likeness (QED) is 0.781. The smallest absolute Gasteiger partial charge is 0.165 e. The summed E-state index contributed by atoms with van der Waals surface area (Å²) in [7, 11) is 0. The van der Waals surface area contributed by atoms with Crippen LogP contribution in [-0.2, 0) is 0 Å². The van der Waals surface area contributed by atoms with Crippen molar-refractivity contribution in [3.8, 4) is 5.75 Å². The highest BCUT2D eigenvalue weighted by molar-refractivity contribution is 5.23. The SMILES string of the molecule is CCNCC(C)Oc1ccccc1F. The Morgan fingerprint density at radius 2 is 2.14 bits per heavy atom. The van der Waals surface area contributed by atoms with Crippen molar-refractivity contribution in [3.05, 3.63) is 30.1 Å². The van der Waals surface area contributed by atoms with Gasteiger partial charge in [0.1, 0.15) is 6.10 Å². The number of hydrogen-bond acceptors (Lipinski definition) is 2. The Morgan fingerprint density at radius 1 is 1.43 bits per heavy atom. The van der Waals surface area contributed by atoms with Gasteiger partial charge in [-0.05, 0) is 25.6 Å². The van der Waals surface area contributed by atoms with Crippen molar-refractivity contribution in [3.63, 3.8) is 0 Å². The highest BCUT2D eigenvalue weighted by Crippen LogP contribution is 2.16. The van der Waals surface area contributed by atoms with Gasteiger partial charge in [0.05, 0.1) is 0 Å². The van der Waals surface area contributed by atoms with Gasteiger partial charge in [-0.15, -0.1) is 0 Å². The van der Waals surface area contributed by atoms with Crippen LogP contribution in [0.15, 0.2) is 24.3 Å². The van der Waals surface area contributed by atoms with Crippen LogP contribution in [0.25, 0.3) is 0 Å². The third-order valence-corrected chi connectivity index (χ3v) is 1.85. The predicted molar refractivity (Wildman–Crippen MR) is 55.0 cm³/mol. The minimum absolute atomic E-state index is 0.0214. The van der Waals surface area contributed by atoms with Gasteiger partial charge >= 0.3 is 0 Å². The van der Waals surface area contributed by atoms with E-state index in [-0.39, 0.29) is 11.9 Å². The number of ether oxygens (including phenoxy) is 1. The van der Waals surface area contributed by atoms with Crippen molar-refractivity contribution in [2.75, 3.05) is 13.1 Å². The zero-order valence-electron chi connectivity index (χ0n) is 8.59. The largest absolute Gasteiger partial charge is 0.486 e. The topological polar surface area (TPSA) is 21.3 Å². The predicted octanol–water partition coefficient (Wildman–Crippen LogP) is 2.20. The van der Waals surface area contributed by atoms with Crippen LogP contribution < -0.4 is 10.1 Å². The fourth-order valence-electron chi connectivity index (χ4n) is 1.15. The molecule has 0 aromatic heterocycles. The lowest BCUT2D eigenvalue weighted by molar-refractivity contribution is 0.209. The van der Waals surface area contributed by atoms with Crippen LogP contribution in [0.1, 0.15) is 13.8 Å². The molecule has 0 heterocycles. The number of rotatable bonds is 5.